The molecule has 0 bridgehead atoms. The van der Waals surface area contributed by atoms with Gasteiger partial charge in [0.15, 0.2) is 0 Å². The Bertz CT molecular complexity index is 457. The van der Waals surface area contributed by atoms with Crippen molar-refractivity contribution in [2.45, 2.75) is 40.3 Å². The summed E-state index contributed by atoms with van der Waals surface area (Å²) in [5.41, 5.74) is 11.6. The lowest BCUT2D eigenvalue weighted by Gasteiger charge is -2.24. The smallest absolute Gasteiger partial charge is 0.241 e. The zero-order valence-electron chi connectivity index (χ0n) is 12.4. The van der Waals surface area contributed by atoms with Crippen LogP contribution in [0.3, 0.4) is 0 Å². The first kappa shape index (κ1) is 15.7. The van der Waals surface area contributed by atoms with Gasteiger partial charge in [0, 0.05) is 13.6 Å². The van der Waals surface area contributed by atoms with Crippen LogP contribution >= 0.6 is 0 Å². The van der Waals surface area contributed by atoms with Crippen LogP contribution in [-0.4, -0.2) is 35.6 Å². The molecule has 4 heteroatoms. The number of amides is 1. The minimum Gasteiger partial charge on any atom is -0.394 e. The molecule has 106 valence electrons. The van der Waals surface area contributed by atoms with Gasteiger partial charge in [-0.3, -0.25) is 4.79 Å². The van der Waals surface area contributed by atoms with Crippen molar-refractivity contribution in [1.82, 2.24) is 4.90 Å². The van der Waals surface area contributed by atoms with Gasteiger partial charge in [0.1, 0.15) is 6.04 Å². The molecule has 1 amide bonds. The highest BCUT2D eigenvalue weighted by molar-refractivity contribution is 5.81. The molecule has 1 aromatic carbocycles. The van der Waals surface area contributed by atoms with Crippen LogP contribution in [-0.2, 0) is 11.3 Å². The van der Waals surface area contributed by atoms with Crippen molar-refractivity contribution < 1.29 is 9.90 Å². The van der Waals surface area contributed by atoms with Gasteiger partial charge in [0.2, 0.25) is 5.91 Å². The molecule has 19 heavy (non-hydrogen) atoms. The first-order valence-corrected chi connectivity index (χ1v) is 6.47. The molecule has 0 heterocycles. The molecule has 0 radical (unpaired) electrons. The zero-order chi connectivity index (χ0) is 14.7. The van der Waals surface area contributed by atoms with Crippen LogP contribution in [0.4, 0.5) is 0 Å². The molecule has 0 aliphatic carbocycles. The number of rotatable bonds is 4. The van der Waals surface area contributed by atoms with E-state index < -0.39 is 6.04 Å². The van der Waals surface area contributed by atoms with Crippen LogP contribution in [0.25, 0.3) is 0 Å². The van der Waals surface area contributed by atoms with Crippen molar-refractivity contribution in [1.29, 1.82) is 0 Å². The Morgan fingerprint density at radius 1 is 1.26 bits per heavy atom. The second-order valence-corrected chi connectivity index (χ2v) is 5.22. The van der Waals surface area contributed by atoms with Crippen molar-refractivity contribution in [2.24, 2.45) is 5.73 Å². The minimum atomic E-state index is -0.837. The Balaban J connectivity index is 3.03. The Labute approximate surface area is 115 Å². The number of hydrogen-bond donors (Lipinski definition) is 2. The molecular formula is C15H24N2O2. The number of carbonyl (C=O) groups is 1. The summed E-state index contributed by atoms with van der Waals surface area (Å²) < 4.78 is 0. The lowest BCUT2D eigenvalue weighted by atomic mass is 9.94. The number of nitrogens with zero attached hydrogens (tertiary/aromatic N) is 1. The molecule has 0 saturated heterocycles. The molecule has 3 N–H and O–H groups in total. The van der Waals surface area contributed by atoms with Crippen molar-refractivity contribution in [2.75, 3.05) is 13.7 Å². The van der Waals surface area contributed by atoms with E-state index in [1.807, 2.05) is 0 Å². The van der Waals surface area contributed by atoms with Gasteiger partial charge in [-0.05, 0) is 55.5 Å². The fraction of sp³-hybridized carbons (Fsp3) is 0.533. The van der Waals surface area contributed by atoms with Gasteiger partial charge in [-0.2, -0.15) is 0 Å². The molecule has 0 aliphatic heterocycles. The number of aliphatic hydroxyl groups excluding tert-OH is 1. The molecule has 1 rings (SSSR count). The van der Waals surface area contributed by atoms with E-state index in [0.29, 0.717) is 6.54 Å². The third-order valence-electron chi connectivity index (χ3n) is 3.81. The standard InChI is InChI=1S/C15H24N2O2/c1-9-6-10(2)12(4)13(11(9)3)7-17(5)15(19)14(16)8-18/h6,14,18H,7-8,16H2,1-5H3. The van der Waals surface area contributed by atoms with Crippen LogP contribution in [0.1, 0.15) is 27.8 Å². The summed E-state index contributed by atoms with van der Waals surface area (Å²) in [5.74, 6) is -0.236. The normalized spacial score (nSPS) is 12.4. The second kappa shape index (κ2) is 6.17. The summed E-state index contributed by atoms with van der Waals surface area (Å²) >= 11 is 0. The molecule has 0 fully saturated rings. The van der Waals surface area contributed by atoms with Crippen LogP contribution in [0, 0.1) is 27.7 Å². The first-order chi connectivity index (χ1) is 8.79. The van der Waals surface area contributed by atoms with Gasteiger partial charge in [-0.1, -0.05) is 6.07 Å². The zero-order valence-corrected chi connectivity index (χ0v) is 12.4. The first-order valence-electron chi connectivity index (χ1n) is 6.47. The Morgan fingerprint density at radius 3 is 2.16 bits per heavy atom. The van der Waals surface area contributed by atoms with Crippen molar-refractivity contribution in [3.05, 3.63) is 33.9 Å². The van der Waals surface area contributed by atoms with Gasteiger partial charge in [0.05, 0.1) is 6.61 Å². The number of likely N-dealkylation sites (N-methyl/N-ethyl adjacent to an activating group) is 1. The molecule has 0 saturated carbocycles. The summed E-state index contributed by atoms with van der Waals surface area (Å²) in [6.07, 6.45) is 0. The van der Waals surface area contributed by atoms with Gasteiger partial charge < -0.3 is 15.7 Å². The predicted molar refractivity (Wildman–Crippen MR) is 76.9 cm³/mol. The minimum absolute atomic E-state index is 0.236. The lowest BCUT2D eigenvalue weighted by Crippen LogP contribution is -2.43. The van der Waals surface area contributed by atoms with Crippen molar-refractivity contribution in [3.63, 3.8) is 0 Å². The van der Waals surface area contributed by atoms with Crippen molar-refractivity contribution >= 4 is 5.91 Å². The molecule has 1 aromatic rings. The molecule has 1 unspecified atom stereocenters. The van der Waals surface area contributed by atoms with Crippen LogP contribution in [0.15, 0.2) is 6.07 Å². The molecule has 0 spiro atoms. The Kier molecular flexibility index (Phi) is 5.09. The van der Waals surface area contributed by atoms with Crippen LogP contribution < -0.4 is 5.73 Å². The average Bonchev–Trinajstić information content (AvgIpc) is 2.39. The van der Waals surface area contributed by atoms with E-state index in [0.717, 1.165) is 0 Å². The molecule has 1 atom stereocenters. The van der Waals surface area contributed by atoms with E-state index >= 15 is 0 Å². The summed E-state index contributed by atoms with van der Waals surface area (Å²) in [6, 6.07) is 1.33. The maximum absolute atomic E-state index is 11.9. The number of benzene rings is 1. The lowest BCUT2D eigenvalue weighted by molar-refractivity contribution is -0.132. The highest BCUT2D eigenvalue weighted by atomic mass is 16.3. The highest BCUT2D eigenvalue weighted by Gasteiger charge is 2.19. The third kappa shape index (κ3) is 3.33. The Hall–Kier alpha value is -1.39. The number of hydrogen-bond acceptors (Lipinski definition) is 3. The highest BCUT2D eigenvalue weighted by Crippen LogP contribution is 2.22. The van der Waals surface area contributed by atoms with Crippen LogP contribution in [0.5, 0.6) is 0 Å². The van der Waals surface area contributed by atoms with E-state index in [2.05, 4.69) is 33.8 Å². The van der Waals surface area contributed by atoms with Gasteiger partial charge in [-0.25, -0.2) is 0 Å². The Morgan fingerprint density at radius 2 is 1.74 bits per heavy atom. The fourth-order valence-electron chi connectivity index (χ4n) is 2.21. The average molecular weight is 264 g/mol. The largest absolute Gasteiger partial charge is 0.394 e. The summed E-state index contributed by atoms with van der Waals surface area (Å²) in [5, 5.41) is 8.95. The SMILES string of the molecule is Cc1cc(C)c(C)c(CN(C)C(=O)C(N)CO)c1C. The maximum atomic E-state index is 11.9. The fourth-order valence-corrected chi connectivity index (χ4v) is 2.21. The van der Waals surface area contributed by atoms with E-state index in [9.17, 15) is 4.79 Å². The molecule has 0 aliphatic rings. The predicted octanol–water partition coefficient (Wildman–Crippen LogP) is 1.20. The molecule has 0 aromatic heterocycles. The summed E-state index contributed by atoms with van der Waals surface area (Å²) in [7, 11) is 1.72. The topological polar surface area (TPSA) is 66.6 Å². The number of aryl methyl sites for hydroxylation is 2. The van der Waals surface area contributed by atoms with Gasteiger partial charge >= 0.3 is 0 Å². The van der Waals surface area contributed by atoms with E-state index in [1.54, 1.807) is 11.9 Å². The van der Waals surface area contributed by atoms with E-state index in [4.69, 9.17) is 10.8 Å². The number of aliphatic hydroxyl groups is 1. The quantitative estimate of drug-likeness (QED) is 0.858. The number of nitrogens with two attached hydrogens (primary N) is 1. The summed E-state index contributed by atoms with van der Waals surface area (Å²) in [6.45, 7) is 8.49. The number of carbonyl (C=O) groups excluding carboxylic acids is 1. The van der Waals surface area contributed by atoms with E-state index in [-0.39, 0.29) is 12.5 Å². The maximum Gasteiger partial charge on any atom is 0.241 e. The molecular weight excluding hydrogens is 240 g/mol. The second-order valence-electron chi connectivity index (χ2n) is 5.22. The molecule has 4 nitrogen and oxygen atoms in total. The van der Waals surface area contributed by atoms with Crippen molar-refractivity contribution in [3.8, 4) is 0 Å². The monoisotopic (exact) mass is 264 g/mol. The van der Waals surface area contributed by atoms with Gasteiger partial charge in [-0.15, -0.1) is 0 Å². The van der Waals surface area contributed by atoms with Crippen LogP contribution in [0.2, 0.25) is 0 Å². The summed E-state index contributed by atoms with van der Waals surface area (Å²) in [4.78, 5) is 13.5. The third-order valence-corrected chi connectivity index (χ3v) is 3.81. The van der Waals surface area contributed by atoms with Gasteiger partial charge in [0.25, 0.3) is 0 Å². The van der Waals surface area contributed by atoms with E-state index in [1.165, 1.54) is 27.8 Å².